The number of halogens is 1. The maximum absolute atomic E-state index is 14.0. The first-order valence-corrected chi connectivity index (χ1v) is 7.69. The van der Waals surface area contributed by atoms with Crippen LogP contribution in [0.4, 0.5) is 4.39 Å². The Morgan fingerprint density at radius 3 is 2.67 bits per heavy atom. The fraction of sp³-hybridized carbons (Fsp3) is 0.412. The van der Waals surface area contributed by atoms with Gasteiger partial charge in [0.25, 0.3) is 5.91 Å². The maximum atomic E-state index is 14.0. The second-order valence-electron chi connectivity index (χ2n) is 6.01. The van der Waals surface area contributed by atoms with Gasteiger partial charge in [0, 0.05) is 18.5 Å². The fourth-order valence-electron chi connectivity index (χ4n) is 2.57. The highest BCUT2D eigenvalue weighted by Gasteiger charge is 2.21. The lowest BCUT2D eigenvalue weighted by Gasteiger charge is -2.23. The van der Waals surface area contributed by atoms with Crippen LogP contribution in [-0.2, 0) is 4.79 Å². The molecule has 2 rings (SSSR count). The summed E-state index contributed by atoms with van der Waals surface area (Å²) < 4.78 is 19.1. The zero-order valence-electron chi connectivity index (χ0n) is 13.9. The van der Waals surface area contributed by atoms with Crippen LogP contribution in [-0.4, -0.2) is 47.1 Å². The molecule has 0 atom stereocenters. The molecule has 0 saturated carbocycles. The molecule has 0 aliphatic rings. The first-order chi connectivity index (χ1) is 11.3. The van der Waals surface area contributed by atoms with Gasteiger partial charge in [-0.05, 0) is 24.1 Å². The van der Waals surface area contributed by atoms with Gasteiger partial charge in [-0.1, -0.05) is 13.8 Å². The number of benzene rings is 1. The van der Waals surface area contributed by atoms with E-state index in [9.17, 15) is 14.0 Å². The standard InChI is InChI=1S/C17H21FN2O4/c1-10(2)9-20(7-6-15(21)22)17(23)13-8-11-14(24-3)5-4-12(18)16(11)19-13/h4-5,8,10,19H,6-7,9H2,1-3H3,(H,21,22). The van der Waals surface area contributed by atoms with Crippen molar-refractivity contribution in [2.75, 3.05) is 20.2 Å². The molecule has 0 radical (unpaired) electrons. The van der Waals surface area contributed by atoms with Crippen molar-refractivity contribution in [2.45, 2.75) is 20.3 Å². The highest BCUT2D eigenvalue weighted by Crippen LogP contribution is 2.28. The molecule has 2 aromatic rings. The zero-order chi connectivity index (χ0) is 17.9. The van der Waals surface area contributed by atoms with Gasteiger partial charge in [0.2, 0.25) is 0 Å². The van der Waals surface area contributed by atoms with Crippen LogP contribution in [0.1, 0.15) is 30.8 Å². The van der Waals surface area contributed by atoms with Crippen LogP contribution in [0.2, 0.25) is 0 Å². The predicted octanol–water partition coefficient (Wildman–Crippen LogP) is 2.89. The minimum absolute atomic E-state index is 0.0985. The second-order valence-corrected chi connectivity index (χ2v) is 6.01. The molecule has 2 N–H and O–H groups in total. The van der Waals surface area contributed by atoms with Crippen LogP contribution in [0, 0.1) is 11.7 Å². The number of fused-ring (bicyclic) bond motifs is 1. The Kier molecular flexibility index (Phi) is 5.43. The zero-order valence-corrected chi connectivity index (χ0v) is 13.9. The smallest absolute Gasteiger partial charge is 0.305 e. The normalized spacial score (nSPS) is 11.0. The minimum atomic E-state index is -0.971. The van der Waals surface area contributed by atoms with Crippen LogP contribution < -0.4 is 4.74 Å². The Bertz CT molecular complexity index is 754. The molecule has 0 saturated heterocycles. The van der Waals surface area contributed by atoms with Crippen molar-refractivity contribution in [2.24, 2.45) is 5.92 Å². The van der Waals surface area contributed by atoms with Gasteiger partial charge < -0.3 is 19.7 Å². The number of hydrogen-bond acceptors (Lipinski definition) is 3. The first kappa shape index (κ1) is 17.8. The topological polar surface area (TPSA) is 82.6 Å². The lowest BCUT2D eigenvalue weighted by Crippen LogP contribution is -2.36. The number of carboxylic acid groups (broad SMARTS) is 1. The number of methoxy groups -OCH3 is 1. The van der Waals surface area contributed by atoms with Crippen molar-refractivity contribution in [1.82, 2.24) is 9.88 Å². The molecule has 1 aromatic heterocycles. The van der Waals surface area contributed by atoms with Crippen molar-refractivity contribution >= 4 is 22.8 Å². The number of aromatic amines is 1. The molecule has 7 heteroatoms. The second kappa shape index (κ2) is 7.33. The number of rotatable bonds is 7. The fourth-order valence-corrected chi connectivity index (χ4v) is 2.57. The predicted molar refractivity (Wildman–Crippen MR) is 87.8 cm³/mol. The van der Waals surface area contributed by atoms with Crippen LogP contribution in [0.15, 0.2) is 18.2 Å². The van der Waals surface area contributed by atoms with E-state index in [1.54, 1.807) is 0 Å². The van der Waals surface area contributed by atoms with Crippen molar-refractivity contribution in [3.8, 4) is 5.75 Å². The van der Waals surface area contributed by atoms with Gasteiger partial charge >= 0.3 is 5.97 Å². The largest absolute Gasteiger partial charge is 0.496 e. The summed E-state index contributed by atoms with van der Waals surface area (Å²) >= 11 is 0. The van der Waals surface area contributed by atoms with Gasteiger partial charge in [0.05, 0.1) is 19.0 Å². The van der Waals surface area contributed by atoms with Gasteiger partial charge in [0.1, 0.15) is 17.3 Å². The van der Waals surface area contributed by atoms with Gasteiger partial charge in [-0.3, -0.25) is 9.59 Å². The molecule has 0 spiro atoms. The molecule has 0 fully saturated rings. The number of amides is 1. The molecule has 6 nitrogen and oxygen atoms in total. The summed E-state index contributed by atoms with van der Waals surface area (Å²) in [4.78, 5) is 27.8. The summed E-state index contributed by atoms with van der Waals surface area (Å²) in [7, 11) is 1.47. The average molecular weight is 336 g/mol. The summed E-state index contributed by atoms with van der Waals surface area (Å²) in [5.41, 5.74) is 0.403. The van der Waals surface area contributed by atoms with Crippen molar-refractivity contribution in [3.63, 3.8) is 0 Å². The van der Waals surface area contributed by atoms with Crippen molar-refractivity contribution < 1.29 is 23.8 Å². The summed E-state index contributed by atoms with van der Waals surface area (Å²) in [6.07, 6.45) is -0.142. The number of nitrogens with zero attached hydrogens (tertiary/aromatic N) is 1. The Morgan fingerprint density at radius 1 is 1.38 bits per heavy atom. The Balaban J connectivity index is 2.36. The Hall–Kier alpha value is -2.57. The number of aromatic nitrogens is 1. The van der Waals surface area contributed by atoms with Gasteiger partial charge in [-0.25, -0.2) is 4.39 Å². The van der Waals surface area contributed by atoms with Gasteiger partial charge in [0.15, 0.2) is 0 Å². The summed E-state index contributed by atoms with van der Waals surface area (Å²) in [6, 6.07) is 4.30. The van der Waals surface area contributed by atoms with Crippen LogP contribution in [0.5, 0.6) is 5.75 Å². The first-order valence-electron chi connectivity index (χ1n) is 7.69. The van der Waals surface area contributed by atoms with E-state index in [1.165, 1.54) is 30.2 Å². The lowest BCUT2D eigenvalue weighted by molar-refractivity contribution is -0.137. The molecule has 0 bridgehead atoms. The number of aliphatic carboxylic acids is 1. The third-order valence-corrected chi connectivity index (χ3v) is 3.62. The molecule has 1 aromatic carbocycles. The lowest BCUT2D eigenvalue weighted by atomic mass is 10.2. The van der Waals surface area contributed by atoms with E-state index in [1.807, 2.05) is 13.8 Å². The van der Waals surface area contributed by atoms with Crippen molar-refractivity contribution in [3.05, 3.63) is 29.7 Å². The highest BCUT2D eigenvalue weighted by molar-refractivity contribution is 6.00. The molecular formula is C17H21FN2O4. The molecule has 0 aliphatic heterocycles. The van der Waals surface area contributed by atoms with E-state index < -0.39 is 11.8 Å². The van der Waals surface area contributed by atoms with E-state index in [0.29, 0.717) is 17.7 Å². The molecule has 1 amide bonds. The van der Waals surface area contributed by atoms with Gasteiger partial charge in [-0.15, -0.1) is 0 Å². The monoisotopic (exact) mass is 336 g/mol. The summed E-state index contributed by atoms with van der Waals surface area (Å²) in [5, 5.41) is 9.33. The van der Waals surface area contributed by atoms with Crippen LogP contribution in [0.3, 0.4) is 0 Å². The molecular weight excluding hydrogens is 315 g/mol. The summed E-state index contributed by atoms with van der Waals surface area (Å²) in [5.74, 6) is -1.17. The number of ether oxygens (including phenoxy) is 1. The number of carboxylic acids is 1. The molecule has 1 heterocycles. The molecule has 0 unspecified atom stereocenters. The minimum Gasteiger partial charge on any atom is -0.496 e. The van der Waals surface area contributed by atoms with E-state index >= 15 is 0 Å². The quantitative estimate of drug-likeness (QED) is 0.814. The number of hydrogen-bond donors (Lipinski definition) is 2. The average Bonchev–Trinajstić information content (AvgIpc) is 2.97. The number of carbonyl (C=O) groups excluding carboxylic acids is 1. The summed E-state index contributed by atoms with van der Waals surface area (Å²) in [6.45, 7) is 4.40. The van der Waals surface area contributed by atoms with Crippen molar-refractivity contribution in [1.29, 1.82) is 0 Å². The SMILES string of the molecule is COc1ccc(F)c2[nH]c(C(=O)N(CCC(=O)O)CC(C)C)cc12. The van der Waals surface area contributed by atoms with Crippen LogP contribution >= 0.6 is 0 Å². The third kappa shape index (κ3) is 3.84. The number of nitrogens with one attached hydrogen (secondary N) is 1. The Morgan fingerprint density at radius 2 is 2.08 bits per heavy atom. The molecule has 0 aliphatic carbocycles. The van der Waals surface area contributed by atoms with Gasteiger partial charge in [-0.2, -0.15) is 0 Å². The van der Waals surface area contributed by atoms with E-state index in [-0.39, 0.29) is 36.0 Å². The highest BCUT2D eigenvalue weighted by atomic mass is 19.1. The van der Waals surface area contributed by atoms with E-state index in [2.05, 4.69) is 4.98 Å². The molecule has 24 heavy (non-hydrogen) atoms. The maximum Gasteiger partial charge on any atom is 0.305 e. The van der Waals surface area contributed by atoms with Crippen LogP contribution in [0.25, 0.3) is 10.9 Å². The van der Waals surface area contributed by atoms with E-state index in [0.717, 1.165) is 0 Å². The van der Waals surface area contributed by atoms with E-state index in [4.69, 9.17) is 9.84 Å². The Labute approximate surface area is 139 Å². The number of H-pyrrole nitrogens is 1. The number of carbonyl (C=O) groups is 2. The molecule has 130 valence electrons. The third-order valence-electron chi connectivity index (χ3n) is 3.62.